The molecular weight excluding hydrogens is 266 g/mol. The smallest absolute Gasteiger partial charge is 0.0991 e. The molecular formula is C21H27N. The van der Waals surface area contributed by atoms with Crippen LogP contribution in [0.1, 0.15) is 51.7 Å². The average Bonchev–Trinajstić information content (AvgIpc) is 2.53. The zero-order valence-electron chi connectivity index (χ0n) is 14.3. The van der Waals surface area contributed by atoms with Gasteiger partial charge in [-0.25, -0.2) is 0 Å². The SMILES string of the molecule is C=C/C(=C\C(C)C/C=C(\c1ccc(C#N)cc1)C(C)C)CC. The topological polar surface area (TPSA) is 23.8 Å². The summed E-state index contributed by atoms with van der Waals surface area (Å²) in [6.45, 7) is 12.7. The van der Waals surface area contributed by atoms with Crippen LogP contribution in [-0.2, 0) is 0 Å². The Balaban J connectivity index is 2.93. The lowest BCUT2D eigenvalue weighted by molar-refractivity contribution is 0.730. The van der Waals surface area contributed by atoms with Gasteiger partial charge in [-0.3, -0.25) is 0 Å². The standard InChI is InChI=1S/C21H27N/c1-6-18(7-2)14-17(5)8-13-21(16(3)4)20-11-9-19(15-22)10-12-20/h6,9-14,16-17H,1,7-8H2,2-5H3/b18-14+,21-13-. The van der Waals surface area contributed by atoms with Crippen molar-refractivity contribution >= 4 is 5.57 Å². The lowest BCUT2D eigenvalue weighted by Crippen LogP contribution is -1.97. The fourth-order valence-electron chi connectivity index (χ4n) is 2.50. The summed E-state index contributed by atoms with van der Waals surface area (Å²) in [7, 11) is 0. The van der Waals surface area contributed by atoms with Gasteiger partial charge in [-0.2, -0.15) is 5.26 Å². The van der Waals surface area contributed by atoms with E-state index in [9.17, 15) is 0 Å². The van der Waals surface area contributed by atoms with Crippen LogP contribution in [-0.4, -0.2) is 0 Å². The summed E-state index contributed by atoms with van der Waals surface area (Å²) in [4.78, 5) is 0. The Kier molecular flexibility index (Phi) is 7.40. The van der Waals surface area contributed by atoms with E-state index in [-0.39, 0.29) is 0 Å². The number of nitrogens with zero attached hydrogens (tertiary/aromatic N) is 1. The third-order valence-corrected chi connectivity index (χ3v) is 3.85. The van der Waals surface area contributed by atoms with E-state index in [4.69, 9.17) is 5.26 Å². The number of allylic oxidation sites excluding steroid dienone is 5. The van der Waals surface area contributed by atoms with E-state index >= 15 is 0 Å². The van der Waals surface area contributed by atoms with Crippen molar-refractivity contribution in [2.75, 3.05) is 0 Å². The van der Waals surface area contributed by atoms with E-state index in [0.717, 1.165) is 12.8 Å². The molecule has 1 rings (SSSR count). The molecule has 0 aliphatic rings. The summed E-state index contributed by atoms with van der Waals surface area (Å²) >= 11 is 0. The lowest BCUT2D eigenvalue weighted by atomic mass is 9.91. The molecule has 0 fully saturated rings. The molecule has 0 N–H and O–H groups in total. The minimum Gasteiger partial charge on any atom is -0.192 e. The molecule has 22 heavy (non-hydrogen) atoms. The van der Waals surface area contributed by atoms with E-state index in [1.165, 1.54) is 16.7 Å². The van der Waals surface area contributed by atoms with Gasteiger partial charge in [-0.1, -0.05) is 70.2 Å². The highest BCUT2D eigenvalue weighted by molar-refractivity contribution is 5.67. The molecule has 0 amide bonds. The predicted octanol–water partition coefficient (Wildman–Crippen LogP) is 6.15. The summed E-state index contributed by atoms with van der Waals surface area (Å²) in [6, 6.07) is 10.0. The first kappa shape index (κ1) is 18.0. The fraction of sp³-hybridized carbons (Fsp3) is 0.381. The Morgan fingerprint density at radius 1 is 1.23 bits per heavy atom. The molecule has 0 heterocycles. The first-order chi connectivity index (χ1) is 10.5. The van der Waals surface area contributed by atoms with E-state index in [1.54, 1.807) is 0 Å². The molecule has 0 aliphatic carbocycles. The van der Waals surface area contributed by atoms with Gasteiger partial charge >= 0.3 is 0 Å². The second-order valence-electron chi connectivity index (χ2n) is 6.02. The zero-order chi connectivity index (χ0) is 16.5. The van der Waals surface area contributed by atoms with Crippen LogP contribution in [0.25, 0.3) is 5.57 Å². The highest BCUT2D eigenvalue weighted by Gasteiger charge is 2.07. The maximum atomic E-state index is 8.90. The summed E-state index contributed by atoms with van der Waals surface area (Å²) in [6.07, 6.45) is 8.64. The van der Waals surface area contributed by atoms with Crippen LogP contribution in [0, 0.1) is 23.2 Å². The molecule has 1 unspecified atom stereocenters. The van der Waals surface area contributed by atoms with Gasteiger partial charge in [0, 0.05) is 0 Å². The molecule has 1 aromatic rings. The molecule has 1 heteroatoms. The van der Waals surface area contributed by atoms with Gasteiger partial charge in [0.05, 0.1) is 11.6 Å². The lowest BCUT2D eigenvalue weighted by Gasteiger charge is -2.14. The van der Waals surface area contributed by atoms with Crippen LogP contribution in [0.2, 0.25) is 0 Å². The molecule has 1 nitrogen and oxygen atoms in total. The second kappa shape index (κ2) is 9.05. The molecule has 1 aromatic carbocycles. The van der Waals surface area contributed by atoms with Crippen molar-refractivity contribution in [2.45, 2.75) is 40.5 Å². The summed E-state index contributed by atoms with van der Waals surface area (Å²) in [5.74, 6) is 0.967. The molecule has 0 aliphatic heterocycles. The first-order valence-electron chi connectivity index (χ1n) is 8.05. The molecule has 0 saturated carbocycles. The second-order valence-corrected chi connectivity index (χ2v) is 6.02. The van der Waals surface area contributed by atoms with Crippen molar-refractivity contribution in [3.05, 3.63) is 65.8 Å². The Morgan fingerprint density at radius 3 is 2.32 bits per heavy atom. The van der Waals surface area contributed by atoms with Gasteiger partial charge in [0.25, 0.3) is 0 Å². The van der Waals surface area contributed by atoms with Gasteiger partial charge in [0.2, 0.25) is 0 Å². The first-order valence-corrected chi connectivity index (χ1v) is 8.05. The fourth-order valence-corrected chi connectivity index (χ4v) is 2.50. The molecule has 116 valence electrons. The molecule has 0 saturated heterocycles. The van der Waals surface area contributed by atoms with Crippen LogP contribution in [0.5, 0.6) is 0 Å². The Hall–Kier alpha value is -2.07. The summed E-state index contributed by atoms with van der Waals surface area (Å²) in [5.41, 5.74) is 4.58. The van der Waals surface area contributed by atoms with Gasteiger partial charge in [0.1, 0.15) is 0 Å². The molecule has 0 bridgehead atoms. The minimum atomic E-state index is 0.467. The maximum absolute atomic E-state index is 8.90. The summed E-state index contributed by atoms with van der Waals surface area (Å²) < 4.78 is 0. The quantitative estimate of drug-likeness (QED) is 0.553. The predicted molar refractivity (Wildman–Crippen MR) is 96.3 cm³/mol. The monoisotopic (exact) mass is 293 g/mol. The molecule has 1 atom stereocenters. The minimum absolute atomic E-state index is 0.467. The Bertz CT molecular complexity index is 579. The maximum Gasteiger partial charge on any atom is 0.0991 e. The van der Waals surface area contributed by atoms with E-state index in [2.05, 4.69) is 52.5 Å². The van der Waals surface area contributed by atoms with Crippen LogP contribution in [0.3, 0.4) is 0 Å². The van der Waals surface area contributed by atoms with Crippen LogP contribution in [0.4, 0.5) is 0 Å². The highest BCUT2D eigenvalue weighted by Crippen LogP contribution is 2.25. The van der Waals surface area contributed by atoms with Crippen LogP contribution in [0.15, 0.2) is 54.6 Å². The number of hydrogen-bond donors (Lipinski definition) is 0. The van der Waals surface area contributed by atoms with Gasteiger partial charge in [0.15, 0.2) is 0 Å². The number of rotatable bonds is 7. The Labute approximate surface area is 135 Å². The van der Waals surface area contributed by atoms with Gasteiger partial charge < -0.3 is 0 Å². The number of hydrogen-bond acceptors (Lipinski definition) is 1. The Morgan fingerprint density at radius 2 is 1.86 bits per heavy atom. The summed E-state index contributed by atoms with van der Waals surface area (Å²) in [5, 5.41) is 8.90. The number of nitriles is 1. The van der Waals surface area contributed by atoms with Crippen molar-refractivity contribution in [3.8, 4) is 6.07 Å². The van der Waals surface area contributed by atoms with Crippen molar-refractivity contribution in [3.63, 3.8) is 0 Å². The third kappa shape index (κ3) is 5.37. The van der Waals surface area contributed by atoms with E-state index < -0.39 is 0 Å². The highest BCUT2D eigenvalue weighted by atomic mass is 14.2. The van der Waals surface area contributed by atoms with Crippen molar-refractivity contribution in [1.82, 2.24) is 0 Å². The largest absolute Gasteiger partial charge is 0.192 e. The van der Waals surface area contributed by atoms with E-state index in [1.807, 2.05) is 30.3 Å². The van der Waals surface area contributed by atoms with Crippen molar-refractivity contribution in [1.29, 1.82) is 5.26 Å². The third-order valence-electron chi connectivity index (χ3n) is 3.85. The van der Waals surface area contributed by atoms with Gasteiger partial charge in [-0.15, -0.1) is 0 Å². The molecule has 0 aromatic heterocycles. The molecule has 0 radical (unpaired) electrons. The average molecular weight is 293 g/mol. The van der Waals surface area contributed by atoms with Gasteiger partial charge in [-0.05, 0) is 47.9 Å². The zero-order valence-corrected chi connectivity index (χ0v) is 14.3. The van der Waals surface area contributed by atoms with Crippen molar-refractivity contribution < 1.29 is 0 Å². The van der Waals surface area contributed by atoms with Crippen LogP contribution < -0.4 is 0 Å². The number of benzene rings is 1. The normalized spacial score (nSPS) is 13.8. The van der Waals surface area contributed by atoms with Crippen molar-refractivity contribution in [2.24, 2.45) is 11.8 Å². The van der Waals surface area contributed by atoms with E-state index in [0.29, 0.717) is 17.4 Å². The molecule has 0 spiro atoms. The van der Waals surface area contributed by atoms with Crippen LogP contribution >= 0.6 is 0 Å².